The number of amides is 2. The Morgan fingerprint density at radius 2 is 2.13 bits per heavy atom. The molecule has 118 valence electrons. The highest BCUT2D eigenvalue weighted by Gasteiger charge is 2.11. The van der Waals surface area contributed by atoms with E-state index < -0.39 is 0 Å². The van der Waals surface area contributed by atoms with E-state index in [2.05, 4.69) is 15.3 Å². The summed E-state index contributed by atoms with van der Waals surface area (Å²) in [5, 5.41) is 3.94. The molecule has 0 unspecified atom stereocenters. The van der Waals surface area contributed by atoms with Gasteiger partial charge in [0.25, 0.3) is 0 Å². The highest BCUT2D eigenvalue weighted by Crippen LogP contribution is 2.17. The van der Waals surface area contributed by atoms with Crippen LogP contribution in [0, 0.1) is 0 Å². The lowest BCUT2D eigenvalue weighted by atomic mass is 10.1. The molecular formula is C17H19N5O. The molecule has 6 nitrogen and oxygen atoms in total. The van der Waals surface area contributed by atoms with Gasteiger partial charge in [0.2, 0.25) is 0 Å². The number of fused-ring (bicyclic) bond motifs is 1. The van der Waals surface area contributed by atoms with Gasteiger partial charge in [-0.3, -0.25) is 4.98 Å². The Balaban J connectivity index is 1.65. The summed E-state index contributed by atoms with van der Waals surface area (Å²) in [5.41, 5.74) is 2.85. The zero-order valence-corrected chi connectivity index (χ0v) is 13.2. The molecule has 0 aliphatic heterocycles. The standard InChI is InChI=1S/C17H19N5O/c1-21-11-14(20-12-21)9-19-17(23)22(2)10-13-5-3-7-16-15(13)6-4-8-18-16/h3-8,11-12H,9-10H2,1-2H3,(H,19,23). The van der Waals surface area contributed by atoms with E-state index >= 15 is 0 Å². The first kappa shape index (κ1) is 15.0. The van der Waals surface area contributed by atoms with Crippen molar-refractivity contribution >= 4 is 16.9 Å². The number of nitrogens with zero attached hydrogens (tertiary/aromatic N) is 4. The molecule has 2 aromatic heterocycles. The van der Waals surface area contributed by atoms with Crippen molar-refractivity contribution in [2.45, 2.75) is 13.1 Å². The molecule has 1 N–H and O–H groups in total. The first-order chi connectivity index (χ1) is 11.1. The van der Waals surface area contributed by atoms with Crippen LogP contribution >= 0.6 is 0 Å². The minimum absolute atomic E-state index is 0.128. The average Bonchev–Trinajstić information content (AvgIpc) is 2.98. The number of carbonyl (C=O) groups is 1. The monoisotopic (exact) mass is 309 g/mol. The van der Waals surface area contributed by atoms with Gasteiger partial charge in [-0.2, -0.15) is 0 Å². The van der Waals surface area contributed by atoms with E-state index in [1.54, 1.807) is 24.5 Å². The second kappa shape index (κ2) is 6.48. The van der Waals surface area contributed by atoms with Gasteiger partial charge in [-0.05, 0) is 17.7 Å². The fourth-order valence-electron chi connectivity index (χ4n) is 2.49. The number of carbonyl (C=O) groups excluding carboxylic acids is 1. The maximum absolute atomic E-state index is 12.2. The molecular weight excluding hydrogens is 290 g/mol. The molecule has 0 atom stereocenters. The zero-order chi connectivity index (χ0) is 16.2. The second-order valence-corrected chi connectivity index (χ2v) is 5.53. The number of nitrogens with one attached hydrogen (secondary N) is 1. The Morgan fingerprint density at radius 3 is 2.91 bits per heavy atom. The van der Waals surface area contributed by atoms with Crippen molar-refractivity contribution in [3.63, 3.8) is 0 Å². The first-order valence-corrected chi connectivity index (χ1v) is 7.42. The summed E-state index contributed by atoms with van der Waals surface area (Å²) >= 11 is 0. The van der Waals surface area contributed by atoms with Crippen LogP contribution in [0.15, 0.2) is 49.1 Å². The van der Waals surface area contributed by atoms with E-state index in [9.17, 15) is 4.79 Å². The number of hydrogen-bond donors (Lipinski definition) is 1. The predicted octanol–water partition coefficient (Wildman–Crippen LogP) is 2.31. The lowest BCUT2D eigenvalue weighted by Gasteiger charge is -2.18. The minimum Gasteiger partial charge on any atom is -0.340 e. The Hall–Kier alpha value is -2.89. The highest BCUT2D eigenvalue weighted by molar-refractivity contribution is 5.82. The lowest BCUT2D eigenvalue weighted by molar-refractivity contribution is 0.206. The average molecular weight is 309 g/mol. The van der Waals surface area contributed by atoms with Crippen LogP contribution in [0.1, 0.15) is 11.3 Å². The smallest absolute Gasteiger partial charge is 0.317 e. The zero-order valence-electron chi connectivity index (χ0n) is 13.2. The largest absolute Gasteiger partial charge is 0.340 e. The Kier molecular flexibility index (Phi) is 4.23. The summed E-state index contributed by atoms with van der Waals surface area (Å²) in [7, 11) is 3.68. The van der Waals surface area contributed by atoms with Crippen LogP contribution in [-0.4, -0.2) is 32.5 Å². The summed E-state index contributed by atoms with van der Waals surface area (Å²) in [6, 6.07) is 9.76. The molecule has 0 fully saturated rings. The van der Waals surface area contributed by atoms with Gasteiger partial charge in [0.05, 0.1) is 24.1 Å². The molecule has 3 rings (SSSR count). The maximum atomic E-state index is 12.2. The second-order valence-electron chi connectivity index (χ2n) is 5.53. The number of aryl methyl sites for hydroxylation is 1. The van der Waals surface area contributed by atoms with E-state index in [0.29, 0.717) is 13.1 Å². The maximum Gasteiger partial charge on any atom is 0.317 e. The SMILES string of the molecule is CN(Cc1cccc2ncccc12)C(=O)NCc1cn(C)cn1. The van der Waals surface area contributed by atoms with E-state index in [1.165, 1.54) is 0 Å². The normalized spacial score (nSPS) is 10.7. The molecule has 0 radical (unpaired) electrons. The van der Waals surface area contributed by atoms with Crippen LogP contribution in [0.5, 0.6) is 0 Å². The fraction of sp³-hybridized carbons (Fsp3) is 0.235. The molecule has 6 heteroatoms. The van der Waals surface area contributed by atoms with Crippen molar-refractivity contribution < 1.29 is 4.79 Å². The van der Waals surface area contributed by atoms with Gasteiger partial charge < -0.3 is 14.8 Å². The number of hydrogen-bond acceptors (Lipinski definition) is 3. The van der Waals surface area contributed by atoms with Crippen LogP contribution in [0.25, 0.3) is 10.9 Å². The molecule has 23 heavy (non-hydrogen) atoms. The molecule has 0 aliphatic rings. The van der Waals surface area contributed by atoms with Crippen molar-refractivity contribution in [2.75, 3.05) is 7.05 Å². The van der Waals surface area contributed by atoms with E-state index in [1.807, 2.05) is 48.1 Å². The van der Waals surface area contributed by atoms with Gasteiger partial charge in [-0.25, -0.2) is 9.78 Å². The third-order valence-electron chi connectivity index (χ3n) is 3.67. The topological polar surface area (TPSA) is 63.1 Å². The predicted molar refractivity (Wildman–Crippen MR) is 88.7 cm³/mol. The number of rotatable bonds is 4. The molecule has 0 bridgehead atoms. The minimum atomic E-state index is -0.128. The molecule has 2 amide bonds. The van der Waals surface area contributed by atoms with Gasteiger partial charge in [-0.1, -0.05) is 18.2 Å². The highest BCUT2D eigenvalue weighted by atomic mass is 16.2. The molecule has 0 saturated heterocycles. The van der Waals surface area contributed by atoms with E-state index in [4.69, 9.17) is 0 Å². The van der Waals surface area contributed by atoms with Crippen LogP contribution in [0.4, 0.5) is 4.79 Å². The van der Waals surface area contributed by atoms with Crippen molar-refractivity contribution in [1.29, 1.82) is 0 Å². The number of benzene rings is 1. The van der Waals surface area contributed by atoms with Crippen molar-refractivity contribution in [3.05, 3.63) is 60.3 Å². The number of aromatic nitrogens is 3. The van der Waals surface area contributed by atoms with Crippen molar-refractivity contribution in [2.24, 2.45) is 7.05 Å². The third kappa shape index (κ3) is 3.48. The van der Waals surface area contributed by atoms with Gasteiger partial charge >= 0.3 is 6.03 Å². The quantitative estimate of drug-likeness (QED) is 0.804. The lowest BCUT2D eigenvalue weighted by Crippen LogP contribution is -2.36. The van der Waals surface area contributed by atoms with Crippen LogP contribution in [0.2, 0.25) is 0 Å². The van der Waals surface area contributed by atoms with Crippen molar-refractivity contribution in [1.82, 2.24) is 24.8 Å². The Bertz CT molecular complexity index is 821. The summed E-state index contributed by atoms with van der Waals surface area (Å²) in [4.78, 5) is 22.4. The fourth-order valence-corrected chi connectivity index (χ4v) is 2.49. The van der Waals surface area contributed by atoms with Crippen LogP contribution < -0.4 is 5.32 Å². The molecule has 0 spiro atoms. The van der Waals surface area contributed by atoms with Gasteiger partial charge in [0.15, 0.2) is 0 Å². The van der Waals surface area contributed by atoms with E-state index in [0.717, 1.165) is 22.2 Å². The summed E-state index contributed by atoms with van der Waals surface area (Å²) < 4.78 is 1.86. The molecule has 0 saturated carbocycles. The van der Waals surface area contributed by atoms with E-state index in [-0.39, 0.29) is 6.03 Å². The van der Waals surface area contributed by atoms with Crippen LogP contribution in [-0.2, 0) is 20.1 Å². The first-order valence-electron chi connectivity index (χ1n) is 7.42. The molecule has 2 heterocycles. The number of pyridine rings is 1. The van der Waals surface area contributed by atoms with Gasteiger partial charge in [0.1, 0.15) is 0 Å². The van der Waals surface area contributed by atoms with Crippen LogP contribution in [0.3, 0.4) is 0 Å². The molecule has 0 aliphatic carbocycles. The molecule has 3 aromatic rings. The Labute approximate surface area is 134 Å². The Morgan fingerprint density at radius 1 is 1.26 bits per heavy atom. The molecule has 1 aromatic carbocycles. The van der Waals surface area contributed by atoms with Crippen molar-refractivity contribution in [3.8, 4) is 0 Å². The summed E-state index contributed by atoms with van der Waals surface area (Å²) in [6.45, 7) is 0.943. The third-order valence-corrected chi connectivity index (χ3v) is 3.67. The number of urea groups is 1. The van der Waals surface area contributed by atoms with Gasteiger partial charge in [-0.15, -0.1) is 0 Å². The number of imidazole rings is 1. The van der Waals surface area contributed by atoms with Gasteiger partial charge in [0, 0.05) is 38.4 Å². The summed E-state index contributed by atoms with van der Waals surface area (Å²) in [6.07, 6.45) is 5.38. The summed E-state index contributed by atoms with van der Waals surface area (Å²) in [5.74, 6) is 0.